The number of nitrogen functional groups attached to an aromatic ring is 1. The van der Waals surface area contributed by atoms with Crippen LogP contribution >= 0.6 is 11.3 Å². The van der Waals surface area contributed by atoms with Gasteiger partial charge in [-0.1, -0.05) is 0 Å². The Balaban J connectivity index is 1.94. The maximum Gasteiger partial charge on any atom is 0.228 e. The van der Waals surface area contributed by atoms with Crippen LogP contribution in [0.1, 0.15) is 5.69 Å². The highest BCUT2D eigenvalue weighted by Gasteiger charge is 2.35. The number of anilines is 1. The lowest BCUT2D eigenvalue weighted by Crippen LogP contribution is -2.31. The van der Waals surface area contributed by atoms with Gasteiger partial charge in [0.1, 0.15) is 12.2 Å². The number of rotatable bonds is 4. The zero-order valence-electron chi connectivity index (χ0n) is 10.5. The second-order valence-corrected chi connectivity index (χ2v) is 5.09. The number of carbonyl (C=O) groups excluding carboxylic acids is 1. The molecule has 2 atom stereocenters. The summed E-state index contributed by atoms with van der Waals surface area (Å²) in [5.74, 6) is 0.0295. The average molecular weight is 271 g/mol. The quantitative estimate of drug-likeness (QED) is 0.843. The van der Waals surface area contributed by atoms with Crippen molar-refractivity contribution in [1.29, 1.82) is 0 Å². The van der Waals surface area contributed by atoms with Crippen molar-refractivity contribution in [3.63, 3.8) is 0 Å². The Hall–Kier alpha value is -1.18. The molecule has 2 unspecified atom stereocenters. The fourth-order valence-corrected chi connectivity index (χ4v) is 2.63. The van der Waals surface area contributed by atoms with Crippen LogP contribution in [0.4, 0.5) is 5.13 Å². The normalized spacial score (nSPS) is 23.6. The number of likely N-dealkylation sites (tertiary alicyclic amines) is 1. The Bertz CT molecular complexity index is 411. The van der Waals surface area contributed by atoms with Crippen molar-refractivity contribution < 1.29 is 14.3 Å². The molecule has 18 heavy (non-hydrogen) atoms. The Morgan fingerprint density at radius 3 is 2.56 bits per heavy atom. The van der Waals surface area contributed by atoms with Crippen molar-refractivity contribution in [3.8, 4) is 0 Å². The third-order valence-corrected chi connectivity index (χ3v) is 3.80. The molecule has 0 radical (unpaired) electrons. The van der Waals surface area contributed by atoms with E-state index in [1.165, 1.54) is 11.3 Å². The zero-order valence-corrected chi connectivity index (χ0v) is 11.3. The van der Waals surface area contributed by atoms with Gasteiger partial charge in [-0.25, -0.2) is 4.98 Å². The van der Waals surface area contributed by atoms with Crippen LogP contribution in [0.2, 0.25) is 0 Å². The fourth-order valence-electron chi connectivity index (χ4n) is 2.07. The molecular weight excluding hydrogens is 254 g/mol. The number of methoxy groups -OCH3 is 2. The summed E-state index contributed by atoms with van der Waals surface area (Å²) in [6, 6.07) is 0. The number of ether oxygens (including phenoxy) is 2. The SMILES string of the molecule is COC1CN(C(=O)Cc2csc(N)n2)CC1OC. The smallest absolute Gasteiger partial charge is 0.228 e. The van der Waals surface area contributed by atoms with Crippen molar-refractivity contribution in [1.82, 2.24) is 9.88 Å². The Kier molecular flexibility index (Phi) is 4.15. The third-order valence-electron chi connectivity index (χ3n) is 3.08. The first-order chi connectivity index (χ1) is 8.63. The summed E-state index contributed by atoms with van der Waals surface area (Å²) >= 11 is 1.35. The number of carbonyl (C=O) groups is 1. The van der Waals surface area contributed by atoms with Crippen LogP contribution in [-0.4, -0.2) is 55.3 Å². The van der Waals surface area contributed by atoms with Gasteiger partial charge in [0.25, 0.3) is 0 Å². The number of nitrogens with two attached hydrogens (primary N) is 1. The van der Waals surface area contributed by atoms with Crippen molar-refractivity contribution >= 4 is 22.4 Å². The van der Waals surface area contributed by atoms with Crippen LogP contribution in [-0.2, 0) is 20.7 Å². The second-order valence-electron chi connectivity index (χ2n) is 4.20. The van der Waals surface area contributed by atoms with Gasteiger partial charge in [0, 0.05) is 32.7 Å². The molecule has 2 heterocycles. The molecule has 1 saturated heterocycles. The fraction of sp³-hybridized carbons (Fsp3) is 0.636. The first kappa shape index (κ1) is 13.3. The van der Waals surface area contributed by atoms with Gasteiger partial charge >= 0.3 is 0 Å². The molecule has 1 aliphatic heterocycles. The van der Waals surface area contributed by atoms with Crippen LogP contribution in [0.15, 0.2) is 5.38 Å². The standard InChI is InChI=1S/C11H17N3O3S/c1-16-8-4-14(5-9(8)17-2)10(15)3-7-6-18-11(12)13-7/h6,8-9H,3-5H2,1-2H3,(H2,12,13). The molecule has 0 bridgehead atoms. The largest absolute Gasteiger partial charge is 0.377 e. The summed E-state index contributed by atoms with van der Waals surface area (Å²) in [5.41, 5.74) is 6.26. The molecule has 1 aromatic rings. The molecule has 6 nitrogen and oxygen atoms in total. The van der Waals surface area contributed by atoms with Gasteiger partial charge in [0.15, 0.2) is 5.13 Å². The van der Waals surface area contributed by atoms with Gasteiger partial charge in [-0.15, -0.1) is 11.3 Å². The van der Waals surface area contributed by atoms with Crippen LogP contribution < -0.4 is 5.73 Å². The van der Waals surface area contributed by atoms with Gasteiger partial charge in [0.05, 0.1) is 12.1 Å². The summed E-state index contributed by atoms with van der Waals surface area (Å²) in [7, 11) is 3.26. The summed E-state index contributed by atoms with van der Waals surface area (Å²) < 4.78 is 10.6. The minimum Gasteiger partial charge on any atom is -0.377 e. The molecule has 0 aliphatic carbocycles. The molecule has 0 spiro atoms. The number of amides is 1. The van der Waals surface area contributed by atoms with E-state index < -0.39 is 0 Å². The zero-order chi connectivity index (χ0) is 13.1. The maximum absolute atomic E-state index is 12.1. The van der Waals surface area contributed by atoms with Crippen LogP contribution in [0.25, 0.3) is 0 Å². The van der Waals surface area contributed by atoms with Crippen LogP contribution in [0, 0.1) is 0 Å². The highest BCUT2D eigenvalue weighted by molar-refractivity contribution is 7.13. The number of hydrogen-bond donors (Lipinski definition) is 1. The van der Waals surface area contributed by atoms with E-state index in [4.69, 9.17) is 15.2 Å². The predicted molar refractivity (Wildman–Crippen MR) is 68.4 cm³/mol. The third kappa shape index (κ3) is 2.80. The van der Waals surface area contributed by atoms with Gasteiger partial charge in [-0.3, -0.25) is 4.79 Å². The first-order valence-electron chi connectivity index (χ1n) is 5.67. The lowest BCUT2D eigenvalue weighted by molar-refractivity contribution is -0.130. The van der Waals surface area contributed by atoms with E-state index in [1.54, 1.807) is 19.1 Å². The lowest BCUT2D eigenvalue weighted by atomic mass is 10.3. The Morgan fingerprint density at radius 2 is 2.11 bits per heavy atom. The van der Waals surface area contributed by atoms with E-state index in [2.05, 4.69) is 4.98 Å². The molecule has 1 aliphatic rings. The van der Waals surface area contributed by atoms with Gasteiger partial charge < -0.3 is 20.1 Å². The van der Waals surface area contributed by atoms with Crippen molar-refractivity contribution in [2.75, 3.05) is 33.0 Å². The van der Waals surface area contributed by atoms with Crippen molar-refractivity contribution in [2.45, 2.75) is 18.6 Å². The van der Waals surface area contributed by atoms with E-state index in [1.807, 2.05) is 5.38 Å². The number of aromatic nitrogens is 1. The summed E-state index contributed by atoms with van der Waals surface area (Å²) in [6.45, 7) is 1.13. The van der Waals surface area contributed by atoms with E-state index in [0.29, 0.717) is 18.2 Å². The summed E-state index contributed by atoms with van der Waals surface area (Å²) in [6.07, 6.45) is 0.166. The molecule has 2 rings (SSSR count). The number of hydrogen-bond acceptors (Lipinski definition) is 6. The topological polar surface area (TPSA) is 77.7 Å². The maximum atomic E-state index is 12.1. The lowest BCUT2D eigenvalue weighted by Gasteiger charge is -2.14. The van der Waals surface area contributed by atoms with Crippen LogP contribution in [0.5, 0.6) is 0 Å². The minimum absolute atomic E-state index is 0.0295. The van der Waals surface area contributed by atoms with Crippen molar-refractivity contribution in [3.05, 3.63) is 11.1 Å². The highest BCUT2D eigenvalue weighted by Crippen LogP contribution is 2.18. The molecular formula is C11H17N3O3S. The van der Waals surface area contributed by atoms with E-state index in [0.717, 1.165) is 5.69 Å². The van der Waals surface area contributed by atoms with E-state index in [9.17, 15) is 4.79 Å². The predicted octanol–water partition coefficient (Wildman–Crippen LogP) is 0.140. The molecule has 2 N–H and O–H groups in total. The molecule has 0 aromatic carbocycles. The Morgan fingerprint density at radius 1 is 1.50 bits per heavy atom. The summed E-state index contributed by atoms with van der Waals surface area (Å²) in [5, 5.41) is 2.30. The van der Waals surface area contributed by atoms with Crippen LogP contribution in [0.3, 0.4) is 0 Å². The van der Waals surface area contributed by atoms with Gasteiger partial charge in [0.2, 0.25) is 5.91 Å². The molecule has 1 amide bonds. The minimum atomic E-state index is -0.0561. The molecule has 1 aromatic heterocycles. The van der Waals surface area contributed by atoms with Crippen molar-refractivity contribution in [2.24, 2.45) is 0 Å². The van der Waals surface area contributed by atoms with E-state index >= 15 is 0 Å². The molecule has 7 heteroatoms. The Labute approximate surface area is 110 Å². The second kappa shape index (κ2) is 5.64. The number of thiazole rings is 1. The molecule has 100 valence electrons. The monoisotopic (exact) mass is 271 g/mol. The number of nitrogens with zero attached hydrogens (tertiary/aromatic N) is 2. The molecule has 1 fully saturated rings. The van der Waals surface area contributed by atoms with Gasteiger partial charge in [-0.05, 0) is 0 Å². The first-order valence-corrected chi connectivity index (χ1v) is 6.55. The summed E-state index contributed by atoms with van der Waals surface area (Å²) in [4.78, 5) is 17.9. The average Bonchev–Trinajstić information content (AvgIpc) is 2.95. The molecule has 0 saturated carbocycles. The highest BCUT2D eigenvalue weighted by atomic mass is 32.1. The van der Waals surface area contributed by atoms with E-state index in [-0.39, 0.29) is 24.5 Å². The van der Waals surface area contributed by atoms with Gasteiger partial charge in [-0.2, -0.15) is 0 Å².